The molecule has 4 aliphatic carbocycles. The minimum atomic E-state index is -0.288. The van der Waals surface area contributed by atoms with Gasteiger partial charge in [-0.25, -0.2) is 4.98 Å². The van der Waals surface area contributed by atoms with Gasteiger partial charge in [-0.1, -0.05) is 12.1 Å². The van der Waals surface area contributed by atoms with E-state index in [1.165, 1.54) is 35.7 Å². The molecule has 0 amide bonds. The number of ketones is 1. The molecule has 0 atom stereocenters. The smallest absolute Gasteiger partial charge is 0.316 e. The van der Waals surface area contributed by atoms with Gasteiger partial charge in [0.25, 0.3) is 0 Å². The number of nitrogens with zero attached hydrogens (tertiary/aromatic N) is 1. The lowest BCUT2D eigenvalue weighted by Gasteiger charge is -2.55. The van der Waals surface area contributed by atoms with Crippen molar-refractivity contribution >= 4 is 45.1 Å². The lowest BCUT2D eigenvalue weighted by molar-refractivity contribution is -0.156. The highest BCUT2D eigenvalue weighted by Crippen LogP contribution is 2.60. The zero-order valence-electron chi connectivity index (χ0n) is 15.9. The van der Waals surface area contributed by atoms with Crippen LogP contribution in [0.5, 0.6) is 0 Å². The van der Waals surface area contributed by atoms with Crippen LogP contribution < -0.4 is 0 Å². The molecule has 6 heteroatoms. The predicted molar refractivity (Wildman–Crippen MR) is 112 cm³/mol. The first-order chi connectivity index (χ1) is 13.6. The van der Waals surface area contributed by atoms with Crippen molar-refractivity contribution in [1.82, 2.24) is 4.98 Å². The van der Waals surface area contributed by atoms with E-state index in [2.05, 4.69) is 11.1 Å². The second kappa shape index (κ2) is 7.45. The number of carbonyl (C=O) groups is 2. The summed E-state index contributed by atoms with van der Waals surface area (Å²) in [6, 6.07) is 8.06. The second-order valence-corrected chi connectivity index (χ2v) is 11.0. The Kier molecular flexibility index (Phi) is 4.95. The van der Waals surface area contributed by atoms with Crippen molar-refractivity contribution in [3.63, 3.8) is 0 Å². The molecule has 4 aliphatic rings. The van der Waals surface area contributed by atoms with Gasteiger partial charge in [0.2, 0.25) is 0 Å². The Morgan fingerprint density at radius 1 is 1.11 bits per heavy atom. The standard InChI is InChI=1S/C22H25NO3S2/c24-19(22-8-14-5-15(9-22)7-16(6-14)10-22)11-26-21(25)13-27-12-20-23-17-3-1-2-4-18(17)28-20/h1-4,14-16H,5-13H2. The summed E-state index contributed by atoms with van der Waals surface area (Å²) in [5, 5.41) is 1.02. The highest BCUT2D eigenvalue weighted by atomic mass is 32.2. The summed E-state index contributed by atoms with van der Waals surface area (Å²) in [5.74, 6) is 3.04. The molecule has 4 nitrogen and oxygen atoms in total. The zero-order chi connectivity index (χ0) is 19.1. The van der Waals surface area contributed by atoms with Crippen molar-refractivity contribution in [3.8, 4) is 0 Å². The molecule has 0 radical (unpaired) electrons. The van der Waals surface area contributed by atoms with E-state index in [-0.39, 0.29) is 29.5 Å². The Labute approximate surface area is 173 Å². The van der Waals surface area contributed by atoms with E-state index in [1.807, 2.05) is 18.2 Å². The zero-order valence-corrected chi connectivity index (χ0v) is 17.5. The number of thiazole rings is 1. The lowest BCUT2D eigenvalue weighted by Crippen LogP contribution is -2.51. The first kappa shape index (κ1) is 18.6. The van der Waals surface area contributed by atoms with Crippen LogP contribution in [0, 0.1) is 23.2 Å². The summed E-state index contributed by atoms with van der Waals surface area (Å²) in [7, 11) is 0. The molecule has 2 aromatic rings. The summed E-state index contributed by atoms with van der Waals surface area (Å²) < 4.78 is 6.53. The van der Waals surface area contributed by atoms with Gasteiger partial charge in [-0.3, -0.25) is 9.59 Å². The second-order valence-electron chi connectivity index (χ2n) is 8.85. The number of hydrogen-bond acceptors (Lipinski definition) is 6. The molecule has 1 aromatic carbocycles. The molecular weight excluding hydrogens is 390 g/mol. The van der Waals surface area contributed by atoms with Gasteiger partial charge in [-0.2, -0.15) is 0 Å². The van der Waals surface area contributed by atoms with Crippen molar-refractivity contribution in [2.45, 2.75) is 44.3 Å². The summed E-state index contributed by atoms with van der Waals surface area (Å²) in [4.78, 5) is 29.6. The van der Waals surface area contributed by atoms with Gasteiger partial charge in [0, 0.05) is 11.2 Å². The van der Waals surface area contributed by atoms with E-state index in [0.29, 0.717) is 5.75 Å². The number of aromatic nitrogens is 1. The van der Waals surface area contributed by atoms with E-state index >= 15 is 0 Å². The van der Waals surface area contributed by atoms with E-state index in [1.54, 1.807) is 11.3 Å². The maximum atomic E-state index is 12.9. The minimum absolute atomic E-state index is 0.0350. The number of rotatable bonds is 7. The number of benzene rings is 1. The fraction of sp³-hybridized carbons (Fsp3) is 0.591. The van der Waals surface area contributed by atoms with Gasteiger partial charge in [0.15, 0.2) is 12.4 Å². The van der Waals surface area contributed by atoms with E-state index in [9.17, 15) is 9.59 Å². The molecule has 28 heavy (non-hydrogen) atoms. The van der Waals surface area contributed by atoms with Gasteiger partial charge in [0.05, 0.1) is 16.0 Å². The van der Waals surface area contributed by atoms with Gasteiger partial charge in [-0.05, 0) is 68.4 Å². The van der Waals surface area contributed by atoms with Crippen LogP contribution in [-0.4, -0.2) is 29.1 Å². The Hall–Kier alpha value is -1.40. The maximum absolute atomic E-state index is 12.9. The molecule has 1 heterocycles. The number of ether oxygens (including phenoxy) is 1. The van der Waals surface area contributed by atoms with Crippen LogP contribution in [0.2, 0.25) is 0 Å². The molecule has 0 aliphatic heterocycles. The molecule has 0 unspecified atom stereocenters. The first-order valence-electron chi connectivity index (χ1n) is 10.2. The number of carbonyl (C=O) groups excluding carboxylic acids is 2. The molecule has 4 saturated carbocycles. The average molecular weight is 416 g/mol. The van der Waals surface area contributed by atoms with Crippen LogP contribution >= 0.6 is 23.1 Å². The Balaban J connectivity index is 1.09. The van der Waals surface area contributed by atoms with Crippen LogP contribution in [0.4, 0.5) is 0 Å². The van der Waals surface area contributed by atoms with Gasteiger partial charge in [0.1, 0.15) is 5.01 Å². The monoisotopic (exact) mass is 415 g/mol. The SMILES string of the molecule is O=C(CSCc1nc2ccccc2s1)OCC(=O)C12CC3CC(CC(C3)C1)C2. The highest BCUT2D eigenvalue weighted by molar-refractivity contribution is 7.99. The molecular formula is C22H25NO3S2. The van der Waals surface area contributed by atoms with Gasteiger partial charge >= 0.3 is 5.97 Å². The number of esters is 1. The minimum Gasteiger partial charge on any atom is -0.457 e. The quantitative estimate of drug-likeness (QED) is 0.605. The molecule has 0 saturated heterocycles. The van der Waals surface area contributed by atoms with Crippen LogP contribution in [0.1, 0.15) is 43.5 Å². The Morgan fingerprint density at radius 3 is 2.46 bits per heavy atom. The third-order valence-corrected chi connectivity index (χ3v) is 8.91. The third kappa shape index (κ3) is 3.61. The molecule has 6 rings (SSSR count). The topological polar surface area (TPSA) is 56.3 Å². The van der Waals surface area contributed by atoms with E-state index < -0.39 is 0 Å². The number of fused-ring (bicyclic) bond motifs is 1. The van der Waals surface area contributed by atoms with Crippen LogP contribution in [-0.2, 0) is 20.1 Å². The highest BCUT2D eigenvalue weighted by Gasteiger charge is 2.54. The van der Waals surface area contributed by atoms with Crippen molar-refractivity contribution in [2.75, 3.05) is 12.4 Å². The average Bonchev–Trinajstić information content (AvgIpc) is 3.07. The summed E-state index contributed by atoms with van der Waals surface area (Å²) in [6.07, 6.45) is 7.03. The molecule has 4 bridgehead atoms. The maximum Gasteiger partial charge on any atom is 0.316 e. The molecule has 4 fully saturated rings. The number of Topliss-reactive ketones (excluding diaryl/α,β-unsaturated/α-hetero) is 1. The number of thioether (sulfide) groups is 1. The first-order valence-corrected chi connectivity index (χ1v) is 12.2. The van der Waals surface area contributed by atoms with Crippen LogP contribution in [0.25, 0.3) is 10.2 Å². The predicted octanol–water partition coefficient (Wildman–Crippen LogP) is 4.86. The van der Waals surface area contributed by atoms with Crippen LogP contribution in [0.3, 0.4) is 0 Å². The van der Waals surface area contributed by atoms with E-state index in [4.69, 9.17) is 4.74 Å². The van der Waals surface area contributed by atoms with Crippen molar-refractivity contribution in [2.24, 2.45) is 23.2 Å². The van der Waals surface area contributed by atoms with Gasteiger partial charge < -0.3 is 4.74 Å². The summed E-state index contributed by atoms with van der Waals surface area (Å²) in [6.45, 7) is -0.0350. The number of para-hydroxylation sites is 1. The van der Waals surface area contributed by atoms with E-state index in [0.717, 1.165) is 47.5 Å². The summed E-state index contributed by atoms with van der Waals surface area (Å²) >= 11 is 3.16. The fourth-order valence-electron chi connectivity index (χ4n) is 6.00. The summed E-state index contributed by atoms with van der Waals surface area (Å²) in [5.41, 5.74) is 0.829. The van der Waals surface area contributed by atoms with Gasteiger partial charge in [-0.15, -0.1) is 23.1 Å². The van der Waals surface area contributed by atoms with Crippen LogP contribution in [0.15, 0.2) is 24.3 Å². The Bertz CT molecular complexity index is 838. The van der Waals surface area contributed by atoms with Crippen molar-refractivity contribution in [1.29, 1.82) is 0 Å². The molecule has 0 spiro atoms. The molecule has 0 N–H and O–H groups in total. The largest absolute Gasteiger partial charge is 0.457 e. The van der Waals surface area contributed by atoms with Crippen molar-refractivity contribution in [3.05, 3.63) is 29.3 Å². The lowest BCUT2D eigenvalue weighted by atomic mass is 9.48. The third-order valence-electron chi connectivity index (χ3n) is 6.78. The normalized spacial score (nSPS) is 30.6. The number of hydrogen-bond donors (Lipinski definition) is 0. The fourth-order valence-corrected chi connectivity index (χ4v) is 7.84. The Morgan fingerprint density at radius 2 is 1.79 bits per heavy atom. The molecule has 148 valence electrons. The molecule has 1 aromatic heterocycles. The van der Waals surface area contributed by atoms with Crippen molar-refractivity contribution < 1.29 is 14.3 Å².